The Kier molecular flexibility index (Phi) is 4.74. The molecule has 0 aliphatic carbocycles. The van der Waals surface area contributed by atoms with E-state index in [4.69, 9.17) is 27.9 Å². The second-order valence-corrected chi connectivity index (χ2v) is 6.60. The molecule has 112 valence electrons. The van der Waals surface area contributed by atoms with Gasteiger partial charge in [-0.1, -0.05) is 63.0 Å². The molecule has 0 saturated heterocycles. The monoisotopic (exact) mass is 324 g/mol. The van der Waals surface area contributed by atoms with Crippen LogP contribution in [0.5, 0.6) is 11.5 Å². The van der Waals surface area contributed by atoms with Gasteiger partial charge in [-0.3, -0.25) is 0 Å². The van der Waals surface area contributed by atoms with Crippen molar-refractivity contribution in [2.24, 2.45) is 0 Å². The molecule has 3 nitrogen and oxygen atoms in total. The zero-order valence-corrected chi connectivity index (χ0v) is 14.1. The van der Waals surface area contributed by atoms with Crippen LogP contribution in [0.4, 0.5) is 0 Å². The predicted molar refractivity (Wildman–Crippen MR) is 86.6 cm³/mol. The van der Waals surface area contributed by atoms with E-state index in [9.17, 15) is 0 Å². The van der Waals surface area contributed by atoms with Crippen molar-refractivity contribution in [1.29, 1.82) is 0 Å². The molecule has 2 aromatic rings. The number of ether oxygens (including phenoxy) is 1. The summed E-state index contributed by atoms with van der Waals surface area (Å²) >= 11 is 11.9. The van der Waals surface area contributed by atoms with Gasteiger partial charge in [-0.15, -0.1) is 10.2 Å². The van der Waals surface area contributed by atoms with Gasteiger partial charge in [-0.2, -0.15) is 0 Å². The van der Waals surface area contributed by atoms with Crippen LogP contribution in [-0.4, -0.2) is 10.2 Å². The molecular formula is C16H18Cl2N2O. The fraction of sp³-hybridized carbons (Fsp3) is 0.375. The van der Waals surface area contributed by atoms with Crippen molar-refractivity contribution in [1.82, 2.24) is 10.2 Å². The molecule has 0 aliphatic heterocycles. The predicted octanol–water partition coefficient (Wildman–Crippen LogP) is 5.44. The summed E-state index contributed by atoms with van der Waals surface area (Å²) in [5.74, 6) is 1.16. The molecule has 21 heavy (non-hydrogen) atoms. The van der Waals surface area contributed by atoms with E-state index in [1.165, 1.54) is 5.56 Å². The van der Waals surface area contributed by atoms with E-state index in [0.717, 1.165) is 17.7 Å². The maximum absolute atomic E-state index is 6.01. The van der Waals surface area contributed by atoms with Gasteiger partial charge in [0.25, 0.3) is 0 Å². The van der Waals surface area contributed by atoms with Gasteiger partial charge in [0.15, 0.2) is 16.1 Å². The lowest BCUT2D eigenvalue weighted by Crippen LogP contribution is -2.13. The maximum atomic E-state index is 6.01. The number of rotatable bonds is 3. The van der Waals surface area contributed by atoms with Gasteiger partial charge >= 0.3 is 0 Å². The highest BCUT2D eigenvalue weighted by Gasteiger charge is 2.20. The molecule has 1 aromatic carbocycles. The van der Waals surface area contributed by atoms with E-state index in [-0.39, 0.29) is 15.7 Å². The Morgan fingerprint density at radius 1 is 1.05 bits per heavy atom. The molecule has 1 aromatic heterocycles. The molecule has 0 spiro atoms. The smallest absolute Gasteiger partial charge is 0.194 e. The van der Waals surface area contributed by atoms with Crippen molar-refractivity contribution in [2.75, 3.05) is 0 Å². The molecular weight excluding hydrogens is 307 g/mol. The minimum Gasteiger partial charge on any atom is -0.454 e. The summed E-state index contributed by atoms with van der Waals surface area (Å²) in [6.45, 7) is 8.57. The number of nitrogens with zero attached hydrogens (tertiary/aromatic N) is 2. The lowest BCUT2D eigenvalue weighted by Gasteiger charge is -2.23. The molecule has 0 bridgehead atoms. The van der Waals surface area contributed by atoms with Gasteiger partial charge in [0.1, 0.15) is 5.75 Å². The standard InChI is InChI=1S/C16H18Cl2N2O/c1-5-10-6-7-12(11(8-10)16(2,3)4)21-13-9-14(17)19-20-15(13)18/h6-9H,5H2,1-4H3. The summed E-state index contributed by atoms with van der Waals surface area (Å²) in [7, 11) is 0. The number of aryl methyl sites for hydroxylation is 1. The van der Waals surface area contributed by atoms with Crippen LogP contribution >= 0.6 is 23.2 Å². The van der Waals surface area contributed by atoms with E-state index >= 15 is 0 Å². The van der Waals surface area contributed by atoms with E-state index in [1.807, 2.05) is 6.07 Å². The molecule has 0 saturated carbocycles. The van der Waals surface area contributed by atoms with Crippen molar-refractivity contribution in [2.45, 2.75) is 39.5 Å². The Labute approximate surface area is 135 Å². The average molecular weight is 325 g/mol. The largest absolute Gasteiger partial charge is 0.454 e. The Bertz CT molecular complexity index is 651. The Morgan fingerprint density at radius 2 is 1.76 bits per heavy atom. The van der Waals surface area contributed by atoms with Crippen LogP contribution in [0.15, 0.2) is 24.3 Å². The summed E-state index contributed by atoms with van der Waals surface area (Å²) in [4.78, 5) is 0. The van der Waals surface area contributed by atoms with Crippen molar-refractivity contribution < 1.29 is 4.74 Å². The molecule has 1 heterocycles. The maximum Gasteiger partial charge on any atom is 0.194 e. The third kappa shape index (κ3) is 3.86. The van der Waals surface area contributed by atoms with Crippen LogP contribution in [0.2, 0.25) is 10.3 Å². The molecule has 0 amide bonds. The SMILES string of the molecule is CCc1ccc(Oc2cc(Cl)nnc2Cl)c(C(C)(C)C)c1. The van der Waals surface area contributed by atoms with Crippen molar-refractivity contribution in [3.8, 4) is 11.5 Å². The fourth-order valence-corrected chi connectivity index (χ4v) is 2.27. The first-order chi connectivity index (χ1) is 9.81. The van der Waals surface area contributed by atoms with Gasteiger partial charge in [0.05, 0.1) is 0 Å². The van der Waals surface area contributed by atoms with Gasteiger partial charge in [-0.25, -0.2) is 0 Å². The third-order valence-corrected chi connectivity index (χ3v) is 3.61. The highest BCUT2D eigenvalue weighted by molar-refractivity contribution is 6.32. The first-order valence-electron chi connectivity index (χ1n) is 6.81. The number of aromatic nitrogens is 2. The highest BCUT2D eigenvalue weighted by atomic mass is 35.5. The first kappa shape index (κ1) is 16.1. The van der Waals surface area contributed by atoms with E-state index < -0.39 is 0 Å². The average Bonchev–Trinajstić information content (AvgIpc) is 2.42. The summed E-state index contributed by atoms with van der Waals surface area (Å²) in [5, 5.41) is 7.88. The molecule has 0 fully saturated rings. The fourth-order valence-electron chi connectivity index (χ4n) is 2.00. The first-order valence-corrected chi connectivity index (χ1v) is 7.57. The zero-order chi connectivity index (χ0) is 15.6. The Morgan fingerprint density at radius 3 is 2.38 bits per heavy atom. The number of hydrogen-bond acceptors (Lipinski definition) is 3. The minimum atomic E-state index is -0.0444. The van der Waals surface area contributed by atoms with Crippen LogP contribution in [0.1, 0.15) is 38.8 Å². The van der Waals surface area contributed by atoms with Gasteiger partial charge in [0.2, 0.25) is 0 Å². The minimum absolute atomic E-state index is 0.0444. The summed E-state index contributed by atoms with van der Waals surface area (Å²) in [6.07, 6.45) is 0.979. The Balaban J connectivity index is 2.46. The van der Waals surface area contributed by atoms with Crippen LogP contribution in [0, 0.1) is 0 Å². The Hall–Kier alpha value is -1.32. The topological polar surface area (TPSA) is 35.0 Å². The molecule has 2 rings (SSSR count). The van der Waals surface area contributed by atoms with E-state index in [1.54, 1.807) is 6.07 Å². The molecule has 5 heteroatoms. The molecule has 0 radical (unpaired) electrons. The summed E-state index contributed by atoms with van der Waals surface area (Å²) in [6, 6.07) is 7.75. The van der Waals surface area contributed by atoms with Crippen LogP contribution in [0.25, 0.3) is 0 Å². The van der Waals surface area contributed by atoms with Gasteiger partial charge < -0.3 is 4.74 Å². The summed E-state index contributed by atoms with van der Waals surface area (Å²) in [5.41, 5.74) is 2.34. The lowest BCUT2D eigenvalue weighted by atomic mass is 9.85. The highest BCUT2D eigenvalue weighted by Crippen LogP contribution is 2.37. The molecule has 0 aliphatic rings. The number of hydrogen-bond donors (Lipinski definition) is 0. The van der Waals surface area contributed by atoms with Gasteiger partial charge in [-0.05, 0) is 23.5 Å². The second-order valence-electron chi connectivity index (χ2n) is 5.86. The lowest BCUT2D eigenvalue weighted by molar-refractivity contribution is 0.452. The second kappa shape index (κ2) is 6.20. The van der Waals surface area contributed by atoms with Crippen LogP contribution < -0.4 is 4.74 Å². The van der Waals surface area contributed by atoms with Crippen LogP contribution in [-0.2, 0) is 11.8 Å². The number of benzene rings is 1. The molecule has 0 N–H and O–H groups in total. The molecule has 0 unspecified atom stereocenters. The quantitative estimate of drug-likeness (QED) is 0.754. The number of halogens is 2. The van der Waals surface area contributed by atoms with Crippen LogP contribution in [0.3, 0.4) is 0 Å². The third-order valence-electron chi connectivity index (χ3n) is 3.17. The molecule has 0 atom stereocenters. The van der Waals surface area contributed by atoms with E-state index in [0.29, 0.717) is 5.75 Å². The van der Waals surface area contributed by atoms with Crippen molar-refractivity contribution in [3.05, 3.63) is 45.7 Å². The zero-order valence-electron chi connectivity index (χ0n) is 12.6. The summed E-state index contributed by atoms with van der Waals surface area (Å²) < 4.78 is 5.93. The van der Waals surface area contributed by atoms with Gasteiger partial charge in [0, 0.05) is 11.6 Å². The van der Waals surface area contributed by atoms with Crippen molar-refractivity contribution in [3.63, 3.8) is 0 Å². The van der Waals surface area contributed by atoms with Crippen molar-refractivity contribution >= 4 is 23.2 Å². The normalized spacial score (nSPS) is 11.5. The van der Waals surface area contributed by atoms with E-state index in [2.05, 4.69) is 50.0 Å².